The molecule has 1 heterocycles. The van der Waals surface area contributed by atoms with E-state index < -0.39 is 5.97 Å². The van der Waals surface area contributed by atoms with Crippen LogP contribution in [-0.2, 0) is 18.3 Å². The fourth-order valence-corrected chi connectivity index (χ4v) is 1.59. The largest absolute Gasteiger partial charge is 0.481 e. The third-order valence-corrected chi connectivity index (χ3v) is 2.46. The molecule has 0 amide bonds. The van der Waals surface area contributed by atoms with Gasteiger partial charge in [0.1, 0.15) is 0 Å². The number of aryl methyl sites for hydroxylation is 1. The first-order valence-corrected chi connectivity index (χ1v) is 5.41. The van der Waals surface area contributed by atoms with Gasteiger partial charge in [-0.2, -0.15) is 0 Å². The van der Waals surface area contributed by atoms with Crippen LogP contribution in [0.25, 0.3) is 0 Å². The van der Waals surface area contributed by atoms with Crippen molar-refractivity contribution in [3.05, 3.63) is 11.9 Å². The summed E-state index contributed by atoms with van der Waals surface area (Å²) < 4.78 is 1.58. The molecule has 0 aliphatic heterocycles. The number of aliphatic carboxylic acids is 1. The van der Waals surface area contributed by atoms with Crippen LogP contribution >= 0.6 is 0 Å². The van der Waals surface area contributed by atoms with Gasteiger partial charge in [0, 0.05) is 19.7 Å². The molecule has 1 rings (SSSR count). The standard InChI is InChI=1S/C10H18N4O2/c1-14-7-9(12-13-14)6-8(10(15)16)4-2-3-5-11/h7-8H,2-6,11H2,1H3,(H,15,16). The van der Waals surface area contributed by atoms with E-state index in [0.29, 0.717) is 19.4 Å². The van der Waals surface area contributed by atoms with Gasteiger partial charge in [-0.25, -0.2) is 0 Å². The average Bonchev–Trinajstić information content (AvgIpc) is 2.63. The summed E-state index contributed by atoms with van der Waals surface area (Å²) in [6, 6.07) is 0. The fraction of sp³-hybridized carbons (Fsp3) is 0.700. The molecule has 0 aliphatic rings. The normalized spacial score (nSPS) is 12.6. The minimum Gasteiger partial charge on any atom is -0.481 e. The van der Waals surface area contributed by atoms with Gasteiger partial charge >= 0.3 is 5.97 Å². The molecule has 0 fully saturated rings. The summed E-state index contributed by atoms with van der Waals surface area (Å²) in [6.45, 7) is 0.609. The summed E-state index contributed by atoms with van der Waals surface area (Å²) in [5.74, 6) is -1.16. The zero-order chi connectivity index (χ0) is 12.0. The second-order valence-electron chi connectivity index (χ2n) is 3.91. The molecule has 1 atom stereocenters. The van der Waals surface area contributed by atoms with Crippen LogP contribution in [0.3, 0.4) is 0 Å². The predicted molar refractivity (Wildman–Crippen MR) is 58.7 cm³/mol. The van der Waals surface area contributed by atoms with Crippen molar-refractivity contribution >= 4 is 5.97 Å². The predicted octanol–water partition coefficient (Wildman–Crippen LogP) is 0.187. The maximum atomic E-state index is 11.0. The first kappa shape index (κ1) is 12.6. The molecular weight excluding hydrogens is 208 g/mol. The molecule has 0 saturated carbocycles. The third kappa shape index (κ3) is 3.98. The number of hydrogen-bond acceptors (Lipinski definition) is 4. The van der Waals surface area contributed by atoms with Gasteiger partial charge in [0.15, 0.2) is 0 Å². The molecule has 1 unspecified atom stereocenters. The number of carboxylic acid groups (broad SMARTS) is 1. The first-order valence-electron chi connectivity index (χ1n) is 5.41. The number of nitrogens with zero attached hydrogens (tertiary/aromatic N) is 3. The van der Waals surface area contributed by atoms with Crippen molar-refractivity contribution in [2.75, 3.05) is 6.54 Å². The van der Waals surface area contributed by atoms with Gasteiger partial charge in [0.2, 0.25) is 0 Å². The van der Waals surface area contributed by atoms with Gasteiger partial charge < -0.3 is 10.8 Å². The Morgan fingerprint density at radius 3 is 2.88 bits per heavy atom. The minimum absolute atomic E-state index is 0.386. The van der Waals surface area contributed by atoms with Crippen LogP contribution in [0, 0.1) is 5.92 Å². The van der Waals surface area contributed by atoms with Gasteiger partial charge in [-0.05, 0) is 19.4 Å². The number of nitrogens with two attached hydrogens (primary N) is 1. The quantitative estimate of drug-likeness (QED) is 0.647. The van der Waals surface area contributed by atoms with E-state index in [4.69, 9.17) is 10.8 Å². The summed E-state index contributed by atoms with van der Waals surface area (Å²) in [5.41, 5.74) is 6.10. The summed E-state index contributed by atoms with van der Waals surface area (Å²) in [7, 11) is 1.76. The molecule has 1 aromatic rings. The number of carboxylic acids is 1. The Balaban J connectivity index is 2.47. The Morgan fingerprint density at radius 2 is 2.38 bits per heavy atom. The monoisotopic (exact) mass is 226 g/mol. The Bertz CT molecular complexity index is 337. The average molecular weight is 226 g/mol. The van der Waals surface area contributed by atoms with Crippen molar-refractivity contribution < 1.29 is 9.90 Å². The molecular formula is C10H18N4O2. The van der Waals surface area contributed by atoms with E-state index in [0.717, 1.165) is 18.5 Å². The lowest BCUT2D eigenvalue weighted by Gasteiger charge is -2.09. The molecule has 90 valence electrons. The zero-order valence-electron chi connectivity index (χ0n) is 9.46. The molecule has 0 aromatic carbocycles. The maximum Gasteiger partial charge on any atom is 0.306 e. The molecule has 1 aromatic heterocycles. The highest BCUT2D eigenvalue weighted by Crippen LogP contribution is 2.13. The van der Waals surface area contributed by atoms with E-state index in [1.54, 1.807) is 17.9 Å². The van der Waals surface area contributed by atoms with Crippen LogP contribution in [0.15, 0.2) is 6.20 Å². The highest BCUT2D eigenvalue weighted by molar-refractivity contribution is 5.70. The van der Waals surface area contributed by atoms with Crippen LogP contribution in [0.2, 0.25) is 0 Å². The van der Waals surface area contributed by atoms with Crippen LogP contribution < -0.4 is 5.73 Å². The van der Waals surface area contributed by atoms with Gasteiger partial charge in [-0.3, -0.25) is 9.48 Å². The second kappa shape index (κ2) is 6.22. The van der Waals surface area contributed by atoms with Crippen molar-refractivity contribution in [3.8, 4) is 0 Å². The maximum absolute atomic E-state index is 11.0. The molecule has 0 spiro atoms. The van der Waals surface area contributed by atoms with Crippen molar-refractivity contribution in [3.63, 3.8) is 0 Å². The van der Waals surface area contributed by atoms with Gasteiger partial charge in [-0.1, -0.05) is 11.6 Å². The second-order valence-corrected chi connectivity index (χ2v) is 3.91. The Hall–Kier alpha value is -1.43. The van der Waals surface area contributed by atoms with Crippen molar-refractivity contribution in [1.29, 1.82) is 0 Å². The lowest BCUT2D eigenvalue weighted by Crippen LogP contribution is -2.17. The smallest absolute Gasteiger partial charge is 0.306 e. The highest BCUT2D eigenvalue weighted by Gasteiger charge is 2.18. The molecule has 16 heavy (non-hydrogen) atoms. The van der Waals surface area contributed by atoms with Crippen molar-refractivity contribution in [2.45, 2.75) is 25.7 Å². The molecule has 0 bridgehead atoms. The van der Waals surface area contributed by atoms with Crippen molar-refractivity contribution in [2.24, 2.45) is 18.7 Å². The van der Waals surface area contributed by atoms with E-state index in [1.807, 2.05) is 0 Å². The van der Waals surface area contributed by atoms with E-state index in [-0.39, 0.29) is 5.92 Å². The van der Waals surface area contributed by atoms with E-state index in [1.165, 1.54) is 0 Å². The van der Waals surface area contributed by atoms with Crippen molar-refractivity contribution in [1.82, 2.24) is 15.0 Å². The number of rotatable bonds is 7. The summed E-state index contributed by atoms with van der Waals surface area (Å²) in [6.07, 6.45) is 4.54. The molecule has 0 aliphatic carbocycles. The lowest BCUT2D eigenvalue weighted by atomic mass is 9.97. The molecule has 6 heteroatoms. The Kier molecular flexibility index (Phi) is 4.91. The minimum atomic E-state index is -0.775. The summed E-state index contributed by atoms with van der Waals surface area (Å²) in [4.78, 5) is 11.0. The third-order valence-electron chi connectivity index (χ3n) is 2.46. The number of unbranched alkanes of at least 4 members (excludes halogenated alkanes) is 1. The van der Waals surface area contributed by atoms with Crippen LogP contribution in [0.5, 0.6) is 0 Å². The number of carbonyl (C=O) groups is 1. The van der Waals surface area contributed by atoms with Gasteiger partial charge in [-0.15, -0.1) is 5.10 Å². The number of hydrogen-bond donors (Lipinski definition) is 2. The summed E-state index contributed by atoms with van der Waals surface area (Å²) in [5, 5.41) is 16.7. The Labute approximate surface area is 94.4 Å². The highest BCUT2D eigenvalue weighted by atomic mass is 16.4. The molecule has 0 radical (unpaired) electrons. The van der Waals surface area contributed by atoms with E-state index in [9.17, 15) is 4.79 Å². The van der Waals surface area contributed by atoms with E-state index >= 15 is 0 Å². The molecule has 6 nitrogen and oxygen atoms in total. The first-order chi connectivity index (χ1) is 7.63. The SMILES string of the molecule is Cn1cc(CC(CCCCN)C(=O)O)nn1. The summed E-state index contributed by atoms with van der Waals surface area (Å²) >= 11 is 0. The van der Waals surface area contributed by atoms with Crippen LogP contribution in [0.1, 0.15) is 25.0 Å². The van der Waals surface area contributed by atoms with Crippen LogP contribution in [0.4, 0.5) is 0 Å². The number of aromatic nitrogens is 3. The topological polar surface area (TPSA) is 94.0 Å². The Morgan fingerprint density at radius 1 is 1.62 bits per heavy atom. The van der Waals surface area contributed by atoms with Gasteiger partial charge in [0.05, 0.1) is 11.6 Å². The zero-order valence-corrected chi connectivity index (χ0v) is 9.46. The molecule has 0 saturated heterocycles. The van der Waals surface area contributed by atoms with E-state index in [2.05, 4.69) is 10.3 Å². The lowest BCUT2D eigenvalue weighted by molar-refractivity contribution is -0.142. The molecule has 3 N–H and O–H groups in total. The van der Waals surface area contributed by atoms with Crippen LogP contribution in [-0.4, -0.2) is 32.6 Å². The fourth-order valence-electron chi connectivity index (χ4n) is 1.59. The van der Waals surface area contributed by atoms with Gasteiger partial charge in [0.25, 0.3) is 0 Å².